The normalized spacial score (nSPS) is 9.06. The third kappa shape index (κ3) is 41.4. The van der Waals surface area contributed by atoms with Crippen LogP contribution in [0.1, 0.15) is 111 Å². The third-order valence-corrected chi connectivity index (χ3v) is 10.7. The molecule has 0 rings (SSSR count). The Kier molecular flexibility index (Phi) is 99.4. The van der Waals surface area contributed by atoms with Crippen LogP contribution in [0.25, 0.3) is 0 Å². The van der Waals surface area contributed by atoms with Crippen molar-refractivity contribution in [2.45, 2.75) is 111 Å². The van der Waals surface area contributed by atoms with Crippen LogP contribution in [0.2, 0.25) is 0 Å². The Morgan fingerprint density at radius 2 is 0.245 bits per heavy atom. The van der Waals surface area contributed by atoms with E-state index < -0.39 is 0 Å². The van der Waals surface area contributed by atoms with Crippen molar-refractivity contribution in [2.75, 3.05) is 105 Å². The van der Waals surface area contributed by atoms with Crippen molar-refractivity contribution in [1.82, 2.24) is 0 Å². The minimum absolute atomic E-state index is 0. The van der Waals surface area contributed by atoms with Crippen LogP contribution in [-0.4, -0.2) is 123 Å². The summed E-state index contributed by atoms with van der Waals surface area (Å²) in [5, 5.41) is 37.5. The standard InChI is InChI=1S/4C8H20N.6CN.Fe/c4*1-5-9(6-2,7-3)8-4;6*1-2;/h4*5-8H2,1-4H3;;;;;;;/q4*+1;6*-1;+2. The number of nitrogens with zero attached hydrogens (tertiary/aromatic N) is 10. The molecule has 0 aromatic heterocycles. The molecule has 0 heterocycles. The van der Waals surface area contributed by atoms with Crippen molar-refractivity contribution >= 4 is 0 Å². The molecule has 0 saturated heterocycles. The van der Waals surface area contributed by atoms with Gasteiger partial charge in [-0.2, -0.15) is 0 Å². The van der Waals surface area contributed by atoms with Crippen LogP contribution >= 0.6 is 0 Å². The van der Waals surface area contributed by atoms with Gasteiger partial charge in [0.25, 0.3) is 0 Å². The zero-order valence-electron chi connectivity index (χ0n) is 35.1. The first-order chi connectivity index (χ1) is 23.0. The number of hydrogen-bond donors (Lipinski definition) is 0. The van der Waals surface area contributed by atoms with E-state index in [0.29, 0.717) is 0 Å². The van der Waals surface area contributed by atoms with E-state index in [2.05, 4.69) is 111 Å². The first-order valence-electron chi connectivity index (χ1n) is 17.7. The zero-order chi connectivity index (χ0) is 41.3. The Labute approximate surface area is 320 Å². The number of hydrogen-bond acceptors (Lipinski definition) is 6. The molecule has 0 aliphatic heterocycles. The molecule has 0 saturated carbocycles. The van der Waals surface area contributed by atoms with Gasteiger partial charge >= 0.3 is 17.1 Å². The maximum Gasteiger partial charge on any atom is 2.00 e. The summed E-state index contributed by atoms with van der Waals surface area (Å²) in [5.74, 6) is 0. The largest absolute Gasteiger partial charge is 2.00 e. The summed E-state index contributed by atoms with van der Waals surface area (Å²) in [6.45, 7) is 85.4. The van der Waals surface area contributed by atoms with Crippen LogP contribution in [0.4, 0.5) is 0 Å². The molecular weight excluding hydrogens is 652 g/mol. The Bertz CT molecular complexity index is 473. The van der Waals surface area contributed by atoms with Gasteiger partial charge in [-0.05, 0) is 111 Å². The fourth-order valence-corrected chi connectivity index (χ4v) is 5.37. The van der Waals surface area contributed by atoms with Crippen molar-refractivity contribution < 1.29 is 35.0 Å². The smallest absolute Gasteiger partial charge is 0.512 e. The molecule has 49 heavy (non-hydrogen) atoms. The molecule has 10 nitrogen and oxygen atoms in total. The van der Waals surface area contributed by atoms with Crippen LogP contribution in [0.5, 0.6) is 0 Å². The number of quaternary nitrogens is 4. The van der Waals surface area contributed by atoms with E-state index in [1.165, 1.54) is 123 Å². The average Bonchev–Trinajstić information content (AvgIpc) is 3.22. The van der Waals surface area contributed by atoms with Gasteiger partial charge in [-0.25, -0.2) is 0 Å². The predicted octanol–water partition coefficient (Wildman–Crippen LogP) is 8.11. The molecule has 0 fully saturated rings. The van der Waals surface area contributed by atoms with Gasteiger partial charge < -0.3 is 88.9 Å². The summed E-state index contributed by atoms with van der Waals surface area (Å²) in [5.41, 5.74) is 0. The average molecular weight is 733 g/mol. The molecular formula is C38H80FeN10. The molecule has 0 bridgehead atoms. The Morgan fingerprint density at radius 1 is 0.204 bits per heavy atom. The summed E-state index contributed by atoms with van der Waals surface area (Å²) in [6, 6.07) is 0. The minimum atomic E-state index is 0. The van der Waals surface area contributed by atoms with E-state index in [1.54, 1.807) is 0 Å². The van der Waals surface area contributed by atoms with Crippen LogP contribution in [0.3, 0.4) is 0 Å². The summed E-state index contributed by atoms with van der Waals surface area (Å²) < 4.78 is 5.11. The van der Waals surface area contributed by atoms with Gasteiger partial charge in [0.15, 0.2) is 0 Å². The molecule has 0 amide bonds. The van der Waals surface area contributed by atoms with E-state index in [4.69, 9.17) is 71.0 Å². The Balaban J connectivity index is -0.0000000392. The molecule has 11 heteroatoms. The second kappa shape index (κ2) is 63.9. The first-order valence-corrected chi connectivity index (χ1v) is 17.7. The molecule has 0 radical (unpaired) electrons. The SMILES string of the molecule is CC[N+](CC)(CC)CC.CC[N+](CC)(CC)CC.CC[N+](CC)(CC)CC.CC[N+](CC)(CC)CC.[C-]#N.[C-]#N.[C-]#N.[C-]#N.[C-]#N.[C-]#N.[Fe+2]. The monoisotopic (exact) mass is 733 g/mol. The quantitative estimate of drug-likeness (QED) is 0.0892. The second-order valence-electron chi connectivity index (χ2n) is 10.4. The maximum absolute atomic E-state index is 6.25. The fourth-order valence-electron chi connectivity index (χ4n) is 5.37. The first kappa shape index (κ1) is 76.2. The van der Waals surface area contributed by atoms with E-state index in [0.717, 1.165) is 0 Å². The fraction of sp³-hybridized carbons (Fsp3) is 0.842. The van der Waals surface area contributed by atoms with Crippen molar-refractivity contribution in [1.29, 1.82) is 31.6 Å². The Morgan fingerprint density at radius 3 is 0.245 bits per heavy atom. The molecule has 0 aromatic rings. The van der Waals surface area contributed by atoms with Gasteiger partial charge in [-0.15, -0.1) is 0 Å². The predicted molar refractivity (Wildman–Crippen MR) is 200 cm³/mol. The zero-order valence-corrected chi connectivity index (χ0v) is 36.2. The van der Waals surface area contributed by atoms with E-state index in [1.807, 2.05) is 0 Å². The van der Waals surface area contributed by atoms with Gasteiger partial charge in [-0.1, -0.05) is 0 Å². The maximum atomic E-state index is 6.25. The van der Waals surface area contributed by atoms with E-state index in [-0.39, 0.29) is 17.1 Å². The molecule has 0 aliphatic carbocycles. The van der Waals surface area contributed by atoms with Gasteiger partial charge in [0.1, 0.15) is 0 Å². The van der Waals surface area contributed by atoms with Crippen LogP contribution in [0.15, 0.2) is 0 Å². The van der Waals surface area contributed by atoms with Gasteiger partial charge in [0, 0.05) is 0 Å². The van der Waals surface area contributed by atoms with Gasteiger partial charge in [0.2, 0.25) is 0 Å². The summed E-state index contributed by atoms with van der Waals surface area (Å²) in [7, 11) is 0. The molecule has 0 aliphatic rings. The molecule has 0 aromatic carbocycles. The summed E-state index contributed by atoms with van der Waals surface area (Å²) in [6.07, 6.45) is 0. The third-order valence-electron chi connectivity index (χ3n) is 10.7. The van der Waals surface area contributed by atoms with E-state index >= 15 is 0 Å². The molecule has 0 atom stereocenters. The van der Waals surface area contributed by atoms with E-state index in [9.17, 15) is 0 Å². The van der Waals surface area contributed by atoms with Gasteiger partial charge in [0.05, 0.1) is 105 Å². The number of rotatable bonds is 16. The van der Waals surface area contributed by atoms with Crippen molar-refractivity contribution in [3.8, 4) is 0 Å². The van der Waals surface area contributed by atoms with Gasteiger partial charge in [-0.3, -0.25) is 0 Å². The topological polar surface area (TPSA) is 143 Å². The van der Waals surface area contributed by atoms with Crippen LogP contribution in [-0.2, 0) is 17.1 Å². The summed E-state index contributed by atoms with van der Waals surface area (Å²) >= 11 is 0. The van der Waals surface area contributed by atoms with Crippen molar-refractivity contribution in [3.05, 3.63) is 39.4 Å². The summed E-state index contributed by atoms with van der Waals surface area (Å²) in [4.78, 5) is 0. The van der Waals surface area contributed by atoms with Crippen molar-refractivity contribution in [3.63, 3.8) is 0 Å². The van der Waals surface area contributed by atoms with Crippen LogP contribution < -0.4 is 0 Å². The Hall–Kier alpha value is -2.70. The molecule has 0 N–H and O–H groups in total. The minimum Gasteiger partial charge on any atom is -0.512 e. The molecule has 0 unspecified atom stereocenters. The molecule has 0 spiro atoms. The second-order valence-corrected chi connectivity index (χ2v) is 10.4. The van der Waals surface area contributed by atoms with Crippen molar-refractivity contribution in [2.24, 2.45) is 0 Å². The molecule has 290 valence electrons. The van der Waals surface area contributed by atoms with Crippen LogP contribution in [0, 0.1) is 71.0 Å².